The van der Waals surface area contributed by atoms with E-state index in [1.165, 1.54) is 16.9 Å². The smallest absolute Gasteiger partial charge is 0.273 e. The molecule has 0 N–H and O–H groups in total. The predicted octanol–water partition coefficient (Wildman–Crippen LogP) is 1.90. The Hall–Kier alpha value is -1.83. The Bertz CT molecular complexity index is 694. The molecule has 1 amide bonds. The highest BCUT2D eigenvalue weighted by atomic mass is 32.1. The summed E-state index contributed by atoms with van der Waals surface area (Å²) in [6, 6.07) is 4.10. The SMILES string of the molecule is O=C(c1cscn1)N1CC[C@H]2CN(Cc3cccnc3)CCO[C@H]2C1. The second-order valence-electron chi connectivity index (χ2n) is 6.68. The van der Waals surface area contributed by atoms with E-state index in [1.54, 1.807) is 11.7 Å². The maximum atomic E-state index is 12.5. The van der Waals surface area contributed by atoms with Crippen LogP contribution in [0.15, 0.2) is 35.4 Å². The van der Waals surface area contributed by atoms with E-state index >= 15 is 0 Å². The lowest BCUT2D eigenvalue weighted by molar-refractivity contribution is -0.0172. The average molecular weight is 358 g/mol. The molecule has 0 unspecified atom stereocenters. The van der Waals surface area contributed by atoms with Gasteiger partial charge in [0.25, 0.3) is 5.91 Å². The summed E-state index contributed by atoms with van der Waals surface area (Å²) in [7, 11) is 0. The summed E-state index contributed by atoms with van der Waals surface area (Å²) in [5.74, 6) is 0.499. The van der Waals surface area contributed by atoms with Gasteiger partial charge in [0.15, 0.2) is 0 Å². The molecule has 6 nitrogen and oxygen atoms in total. The van der Waals surface area contributed by atoms with Crippen molar-refractivity contribution in [2.24, 2.45) is 5.92 Å². The summed E-state index contributed by atoms with van der Waals surface area (Å²) in [6.45, 7) is 4.99. The van der Waals surface area contributed by atoms with Gasteiger partial charge in [-0.2, -0.15) is 0 Å². The number of fused-ring (bicyclic) bond motifs is 1. The van der Waals surface area contributed by atoms with Gasteiger partial charge in [0.05, 0.1) is 18.2 Å². The van der Waals surface area contributed by atoms with Crippen molar-refractivity contribution in [3.05, 3.63) is 46.7 Å². The summed E-state index contributed by atoms with van der Waals surface area (Å²) in [5, 5.41) is 1.82. The van der Waals surface area contributed by atoms with Crippen molar-refractivity contribution in [3.63, 3.8) is 0 Å². The van der Waals surface area contributed by atoms with Crippen LogP contribution in [0.4, 0.5) is 0 Å². The van der Waals surface area contributed by atoms with E-state index in [0.717, 1.165) is 32.6 Å². The average Bonchev–Trinajstić information content (AvgIpc) is 3.10. The topological polar surface area (TPSA) is 58.6 Å². The van der Waals surface area contributed by atoms with Crippen LogP contribution in [0, 0.1) is 5.92 Å². The summed E-state index contributed by atoms with van der Waals surface area (Å²) in [4.78, 5) is 25.2. The molecule has 0 spiro atoms. The normalized spacial score (nSPS) is 24.6. The molecule has 25 heavy (non-hydrogen) atoms. The first-order valence-corrected chi connectivity index (χ1v) is 9.64. The van der Waals surface area contributed by atoms with Crippen LogP contribution in [0.2, 0.25) is 0 Å². The number of hydrogen-bond donors (Lipinski definition) is 0. The standard InChI is InChI=1S/C18H22N4O2S/c23-18(16-12-25-13-20-16)22-5-3-15-10-21(6-7-24-17(15)11-22)9-14-2-1-4-19-8-14/h1-2,4,8,12-13,15,17H,3,5-7,9-11H2/t15-,17-/m0/s1. The van der Waals surface area contributed by atoms with Gasteiger partial charge >= 0.3 is 0 Å². The van der Waals surface area contributed by atoms with Crippen LogP contribution in [-0.4, -0.2) is 64.6 Å². The van der Waals surface area contributed by atoms with Gasteiger partial charge in [-0.3, -0.25) is 14.7 Å². The van der Waals surface area contributed by atoms with Gasteiger partial charge in [0.2, 0.25) is 0 Å². The minimum absolute atomic E-state index is 0.0276. The molecule has 2 aliphatic heterocycles. The highest BCUT2D eigenvalue weighted by molar-refractivity contribution is 7.07. The number of pyridine rings is 1. The highest BCUT2D eigenvalue weighted by Gasteiger charge is 2.35. The number of piperidine rings is 1. The van der Waals surface area contributed by atoms with Crippen molar-refractivity contribution in [2.45, 2.75) is 19.1 Å². The van der Waals surface area contributed by atoms with Crippen molar-refractivity contribution in [1.29, 1.82) is 0 Å². The summed E-state index contributed by atoms with van der Waals surface area (Å²) < 4.78 is 6.10. The highest BCUT2D eigenvalue weighted by Crippen LogP contribution is 2.25. The lowest BCUT2D eigenvalue weighted by Gasteiger charge is -2.37. The third-order valence-electron chi connectivity index (χ3n) is 5.00. The zero-order valence-electron chi connectivity index (χ0n) is 14.1. The maximum Gasteiger partial charge on any atom is 0.273 e. The number of hydrogen-bond acceptors (Lipinski definition) is 6. The minimum Gasteiger partial charge on any atom is -0.375 e. The molecule has 0 aliphatic carbocycles. The molecular formula is C18H22N4O2S. The second kappa shape index (κ2) is 7.59. The number of thiazole rings is 1. The molecule has 0 aromatic carbocycles. The first-order valence-electron chi connectivity index (χ1n) is 8.70. The number of ether oxygens (including phenoxy) is 1. The van der Waals surface area contributed by atoms with E-state index in [4.69, 9.17) is 4.74 Å². The van der Waals surface area contributed by atoms with Gasteiger partial charge in [0.1, 0.15) is 5.69 Å². The molecule has 0 bridgehead atoms. The maximum absolute atomic E-state index is 12.5. The van der Waals surface area contributed by atoms with Crippen LogP contribution in [0.3, 0.4) is 0 Å². The lowest BCUT2D eigenvalue weighted by Crippen LogP contribution is -2.49. The van der Waals surface area contributed by atoms with Crippen LogP contribution < -0.4 is 0 Å². The van der Waals surface area contributed by atoms with Crippen molar-refractivity contribution < 1.29 is 9.53 Å². The number of aromatic nitrogens is 2. The number of nitrogens with zero attached hydrogens (tertiary/aromatic N) is 4. The summed E-state index contributed by atoms with van der Waals surface area (Å²) in [6.07, 6.45) is 4.83. The number of likely N-dealkylation sites (tertiary alicyclic amines) is 1. The van der Waals surface area contributed by atoms with Gasteiger partial charge in [-0.15, -0.1) is 11.3 Å². The molecule has 2 fully saturated rings. The molecule has 7 heteroatoms. The van der Waals surface area contributed by atoms with Gasteiger partial charge < -0.3 is 9.64 Å². The molecule has 132 valence electrons. The van der Waals surface area contributed by atoms with Crippen molar-refractivity contribution >= 4 is 17.2 Å². The Morgan fingerprint density at radius 2 is 2.32 bits per heavy atom. The summed E-state index contributed by atoms with van der Waals surface area (Å²) >= 11 is 1.46. The molecule has 2 atom stereocenters. The molecular weight excluding hydrogens is 336 g/mol. The number of rotatable bonds is 3. The molecule has 2 aromatic heterocycles. The Kier molecular flexibility index (Phi) is 5.05. The van der Waals surface area contributed by atoms with Gasteiger partial charge in [-0.1, -0.05) is 6.07 Å². The Morgan fingerprint density at radius 1 is 1.36 bits per heavy atom. The van der Waals surface area contributed by atoms with Crippen LogP contribution in [0.5, 0.6) is 0 Å². The zero-order chi connectivity index (χ0) is 17.1. The van der Waals surface area contributed by atoms with Crippen LogP contribution in [0.25, 0.3) is 0 Å². The van der Waals surface area contributed by atoms with E-state index in [9.17, 15) is 4.79 Å². The van der Waals surface area contributed by atoms with E-state index in [2.05, 4.69) is 20.9 Å². The fourth-order valence-electron chi connectivity index (χ4n) is 3.68. The fourth-order valence-corrected chi connectivity index (χ4v) is 4.20. The van der Waals surface area contributed by atoms with Gasteiger partial charge in [-0.25, -0.2) is 4.98 Å². The Labute approximate surface area is 151 Å². The second-order valence-corrected chi connectivity index (χ2v) is 7.40. The molecule has 2 aliphatic rings. The molecule has 2 saturated heterocycles. The quantitative estimate of drug-likeness (QED) is 0.839. The van der Waals surface area contributed by atoms with Crippen molar-refractivity contribution in [3.8, 4) is 0 Å². The molecule has 0 saturated carbocycles. The van der Waals surface area contributed by atoms with E-state index < -0.39 is 0 Å². The Morgan fingerprint density at radius 3 is 3.12 bits per heavy atom. The first kappa shape index (κ1) is 16.6. The van der Waals surface area contributed by atoms with E-state index in [0.29, 0.717) is 24.8 Å². The van der Waals surface area contributed by atoms with Gasteiger partial charge in [0, 0.05) is 56.4 Å². The number of carbonyl (C=O) groups excluding carboxylic acids is 1. The van der Waals surface area contributed by atoms with Gasteiger partial charge in [-0.05, 0) is 18.1 Å². The zero-order valence-corrected chi connectivity index (χ0v) is 14.9. The minimum atomic E-state index is 0.0276. The largest absolute Gasteiger partial charge is 0.375 e. The third-order valence-corrected chi connectivity index (χ3v) is 5.58. The van der Waals surface area contributed by atoms with E-state index in [1.807, 2.05) is 22.5 Å². The molecule has 0 radical (unpaired) electrons. The van der Waals surface area contributed by atoms with Crippen LogP contribution in [-0.2, 0) is 11.3 Å². The summed E-state index contributed by atoms with van der Waals surface area (Å²) in [5.41, 5.74) is 3.49. The number of amides is 1. The van der Waals surface area contributed by atoms with Crippen LogP contribution >= 0.6 is 11.3 Å². The number of carbonyl (C=O) groups is 1. The van der Waals surface area contributed by atoms with E-state index in [-0.39, 0.29) is 12.0 Å². The molecule has 2 aromatic rings. The molecule has 4 rings (SSSR count). The van der Waals surface area contributed by atoms with Crippen molar-refractivity contribution in [1.82, 2.24) is 19.8 Å². The predicted molar refractivity (Wildman–Crippen MR) is 95.4 cm³/mol. The monoisotopic (exact) mass is 358 g/mol. The third kappa shape index (κ3) is 3.89. The fraction of sp³-hybridized carbons (Fsp3) is 0.500. The first-order chi connectivity index (χ1) is 12.3. The Balaban J connectivity index is 1.38. The molecule has 4 heterocycles. The lowest BCUT2D eigenvalue weighted by atomic mass is 9.93. The van der Waals surface area contributed by atoms with Crippen molar-refractivity contribution in [2.75, 3.05) is 32.8 Å². The van der Waals surface area contributed by atoms with Crippen LogP contribution in [0.1, 0.15) is 22.5 Å².